The SMILES string of the molecule is CC(CN1C(=O)C=CC1=O)c1nccs1. The average Bonchev–Trinajstić information content (AvgIpc) is 2.82. The molecule has 1 aromatic rings. The van der Waals surface area contributed by atoms with Gasteiger partial charge in [-0.15, -0.1) is 11.3 Å². The lowest BCUT2D eigenvalue weighted by atomic mass is 10.2. The first-order valence-corrected chi connectivity index (χ1v) is 5.49. The van der Waals surface area contributed by atoms with Crippen LogP contribution < -0.4 is 0 Å². The van der Waals surface area contributed by atoms with E-state index in [1.54, 1.807) is 6.20 Å². The molecule has 0 fully saturated rings. The van der Waals surface area contributed by atoms with Crippen molar-refractivity contribution in [1.29, 1.82) is 0 Å². The summed E-state index contributed by atoms with van der Waals surface area (Å²) in [4.78, 5) is 28.0. The fraction of sp³-hybridized carbons (Fsp3) is 0.300. The van der Waals surface area contributed by atoms with Gasteiger partial charge in [-0.3, -0.25) is 14.5 Å². The molecule has 5 heteroatoms. The van der Waals surface area contributed by atoms with Gasteiger partial charge in [-0.05, 0) is 0 Å². The van der Waals surface area contributed by atoms with Crippen LogP contribution in [0.15, 0.2) is 23.7 Å². The number of amides is 2. The van der Waals surface area contributed by atoms with E-state index in [-0.39, 0.29) is 17.7 Å². The minimum Gasteiger partial charge on any atom is -0.275 e. The van der Waals surface area contributed by atoms with Gasteiger partial charge in [0.15, 0.2) is 0 Å². The number of imide groups is 1. The highest BCUT2D eigenvalue weighted by molar-refractivity contribution is 7.09. The van der Waals surface area contributed by atoms with Gasteiger partial charge in [0, 0.05) is 36.2 Å². The number of hydrogen-bond donors (Lipinski definition) is 0. The van der Waals surface area contributed by atoms with Gasteiger partial charge in [-0.2, -0.15) is 0 Å². The Bertz CT molecular complexity index is 393. The molecular weight excluding hydrogens is 212 g/mol. The summed E-state index contributed by atoms with van der Waals surface area (Å²) in [7, 11) is 0. The number of nitrogens with zero attached hydrogens (tertiary/aromatic N) is 2. The number of carbonyl (C=O) groups excluding carboxylic acids is 2. The van der Waals surface area contributed by atoms with E-state index in [9.17, 15) is 9.59 Å². The quantitative estimate of drug-likeness (QED) is 0.721. The molecule has 15 heavy (non-hydrogen) atoms. The Balaban J connectivity index is 2.04. The van der Waals surface area contributed by atoms with Gasteiger partial charge >= 0.3 is 0 Å². The zero-order chi connectivity index (χ0) is 10.8. The van der Waals surface area contributed by atoms with E-state index in [2.05, 4.69) is 4.98 Å². The molecule has 0 radical (unpaired) electrons. The van der Waals surface area contributed by atoms with Crippen LogP contribution in [0.25, 0.3) is 0 Å². The van der Waals surface area contributed by atoms with Crippen molar-refractivity contribution in [3.63, 3.8) is 0 Å². The van der Waals surface area contributed by atoms with Crippen molar-refractivity contribution >= 4 is 23.2 Å². The van der Waals surface area contributed by atoms with Gasteiger partial charge in [-0.25, -0.2) is 4.98 Å². The molecule has 0 saturated carbocycles. The summed E-state index contributed by atoms with van der Waals surface area (Å²) in [5.74, 6) is -0.371. The van der Waals surface area contributed by atoms with E-state index in [4.69, 9.17) is 0 Å². The number of thiazole rings is 1. The van der Waals surface area contributed by atoms with Crippen molar-refractivity contribution in [3.05, 3.63) is 28.7 Å². The van der Waals surface area contributed by atoms with Crippen LogP contribution in [-0.2, 0) is 9.59 Å². The third-order valence-corrected chi connectivity index (χ3v) is 3.24. The van der Waals surface area contributed by atoms with Gasteiger partial charge in [0.1, 0.15) is 0 Å². The first kappa shape index (κ1) is 10.0. The van der Waals surface area contributed by atoms with Crippen molar-refractivity contribution in [1.82, 2.24) is 9.88 Å². The molecule has 2 amide bonds. The molecule has 0 aliphatic carbocycles. The lowest BCUT2D eigenvalue weighted by molar-refractivity contribution is -0.137. The highest BCUT2D eigenvalue weighted by atomic mass is 32.1. The van der Waals surface area contributed by atoms with Crippen molar-refractivity contribution in [3.8, 4) is 0 Å². The highest BCUT2D eigenvalue weighted by Crippen LogP contribution is 2.20. The first-order chi connectivity index (χ1) is 7.18. The van der Waals surface area contributed by atoms with Crippen LogP contribution in [-0.4, -0.2) is 28.2 Å². The molecule has 4 nitrogen and oxygen atoms in total. The fourth-order valence-electron chi connectivity index (χ4n) is 1.44. The van der Waals surface area contributed by atoms with Crippen molar-refractivity contribution in [2.75, 3.05) is 6.54 Å². The maximum Gasteiger partial charge on any atom is 0.253 e. The maximum absolute atomic E-state index is 11.3. The zero-order valence-corrected chi connectivity index (χ0v) is 9.03. The lowest BCUT2D eigenvalue weighted by Crippen LogP contribution is -2.33. The molecule has 2 heterocycles. The van der Waals surface area contributed by atoms with E-state index >= 15 is 0 Å². The molecule has 0 bridgehead atoms. The summed E-state index contributed by atoms with van der Waals surface area (Å²) >= 11 is 1.54. The Morgan fingerprint density at radius 2 is 2.07 bits per heavy atom. The molecule has 0 saturated heterocycles. The summed E-state index contributed by atoms with van der Waals surface area (Å²) in [6, 6.07) is 0. The predicted octanol–water partition coefficient (Wildman–Crippen LogP) is 1.17. The van der Waals surface area contributed by atoms with Crippen molar-refractivity contribution in [2.24, 2.45) is 0 Å². The van der Waals surface area contributed by atoms with Crippen LogP contribution >= 0.6 is 11.3 Å². The van der Waals surface area contributed by atoms with Gasteiger partial charge in [0.2, 0.25) is 0 Å². The van der Waals surface area contributed by atoms with E-state index in [1.807, 2.05) is 12.3 Å². The van der Waals surface area contributed by atoms with Crippen LogP contribution in [0.3, 0.4) is 0 Å². The molecule has 1 aliphatic heterocycles. The number of hydrogen-bond acceptors (Lipinski definition) is 4. The minimum atomic E-state index is -0.233. The highest BCUT2D eigenvalue weighted by Gasteiger charge is 2.25. The van der Waals surface area contributed by atoms with Gasteiger partial charge in [-0.1, -0.05) is 6.92 Å². The molecule has 0 N–H and O–H groups in total. The molecule has 1 aromatic heterocycles. The van der Waals surface area contributed by atoms with Gasteiger partial charge in [0.05, 0.1) is 5.01 Å². The molecule has 78 valence electrons. The normalized spacial score (nSPS) is 17.5. The van der Waals surface area contributed by atoms with Crippen LogP contribution in [0.4, 0.5) is 0 Å². The maximum atomic E-state index is 11.3. The topological polar surface area (TPSA) is 50.3 Å². The average molecular weight is 222 g/mol. The third-order valence-electron chi connectivity index (χ3n) is 2.23. The number of rotatable bonds is 3. The van der Waals surface area contributed by atoms with Crippen LogP contribution in [0.2, 0.25) is 0 Å². The molecule has 0 aromatic carbocycles. The predicted molar refractivity (Wildman–Crippen MR) is 56.4 cm³/mol. The third kappa shape index (κ3) is 1.97. The summed E-state index contributed by atoms with van der Waals surface area (Å²) < 4.78 is 0. The molecule has 1 aliphatic rings. The monoisotopic (exact) mass is 222 g/mol. The molecular formula is C10H10N2O2S. The standard InChI is InChI=1S/C10H10N2O2S/c1-7(10-11-4-5-15-10)6-12-8(13)2-3-9(12)14/h2-5,7H,6H2,1H3. The number of carbonyl (C=O) groups is 2. The fourth-order valence-corrected chi connectivity index (χ4v) is 2.13. The van der Waals surface area contributed by atoms with E-state index in [0.29, 0.717) is 6.54 Å². The Hall–Kier alpha value is -1.49. The van der Waals surface area contributed by atoms with Crippen molar-refractivity contribution in [2.45, 2.75) is 12.8 Å². The largest absolute Gasteiger partial charge is 0.275 e. The second-order valence-electron chi connectivity index (χ2n) is 3.39. The Labute approximate surface area is 91.2 Å². The molecule has 2 rings (SSSR count). The number of aromatic nitrogens is 1. The van der Waals surface area contributed by atoms with E-state index in [0.717, 1.165) is 5.01 Å². The molecule has 0 spiro atoms. The van der Waals surface area contributed by atoms with Gasteiger partial charge in [0.25, 0.3) is 11.8 Å². The summed E-state index contributed by atoms with van der Waals surface area (Å²) in [5.41, 5.74) is 0. The van der Waals surface area contributed by atoms with Crippen LogP contribution in [0.1, 0.15) is 17.8 Å². The van der Waals surface area contributed by atoms with Gasteiger partial charge < -0.3 is 0 Å². The first-order valence-electron chi connectivity index (χ1n) is 4.61. The lowest BCUT2D eigenvalue weighted by Gasteiger charge is -2.17. The second-order valence-corrected chi connectivity index (χ2v) is 4.32. The summed E-state index contributed by atoms with van der Waals surface area (Å²) in [6.07, 6.45) is 4.33. The van der Waals surface area contributed by atoms with Crippen LogP contribution in [0, 0.1) is 0 Å². The minimum absolute atomic E-state index is 0.0952. The summed E-state index contributed by atoms with van der Waals surface area (Å²) in [6.45, 7) is 2.36. The summed E-state index contributed by atoms with van der Waals surface area (Å²) in [5, 5.41) is 2.83. The Morgan fingerprint density at radius 1 is 1.40 bits per heavy atom. The van der Waals surface area contributed by atoms with Crippen LogP contribution in [0.5, 0.6) is 0 Å². The zero-order valence-electron chi connectivity index (χ0n) is 8.21. The van der Waals surface area contributed by atoms with Crippen molar-refractivity contribution < 1.29 is 9.59 Å². The second kappa shape index (κ2) is 3.94. The van der Waals surface area contributed by atoms with E-state index in [1.165, 1.54) is 28.4 Å². The molecule has 1 atom stereocenters. The molecule has 1 unspecified atom stereocenters. The smallest absolute Gasteiger partial charge is 0.253 e. The van der Waals surface area contributed by atoms with E-state index < -0.39 is 0 Å². The Kier molecular flexibility index (Phi) is 2.64. The Morgan fingerprint density at radius 3 is 2.60 bits per heavy atom.